The average molecular weight is 502 g/mol. The molecule has 1 aliphatic carbocycles. The number of carbonyl (C=O) groups excluding carboxylic acids is 1. The number of amides is 1. The predicted octanol–water partition coefficient (Wildman–Crippen LogP) is 7.02. The van der Waals surface area contributed by atoms with Gasteiger partial charge in [0.1, 0.15) is 11.1 Å². The zero-order chi connectivity index (χ0) is 25.3. The van der Waals surface area contributed by atoms with E-state index in [1.807, 2.05) is 56.3 Å². The van der Waals surface area contributed by atoms with Gasteiger partial charge >= 0.3 is 0 Å². The number of nitriles is 1. The van der Waals surface area contributed by atoms with Gasteiger partial charge in [-0.05, 0) is 80.5 Å². The molecular formula is C29H31N3O3S. The van der Waals surface area contributed by atoms with Crippen molar-refractivity contribution in [3.8, 4) is 17.6 Å². The maximum Gasteiger partial charge on any atom is 0.259 e. The lowest BCUT2D eigenvalue weighted by Gasteiger charge is -2.13. The minimum atomic E-state index is -0.107. The lowest BCUT2D eigenvalue weighted by molar-refractivity contribution is 0.102. The molecule has 0 bridgehead atoms. The van der Waals surface area contributed by atoms with E-state index in [1.165, 1.54) is 17.7 Å². The molecule has 0 aliphatic heterocycles. The number of benzene rings is 2. The Bertz CT molecular complexity index is 1290. The molecule has 1 heterocycles. The van der Waals surface area contributed by atoms with Crippen molar-refractivity contribution < 1.29 is 14.3 Å². The van der Waals surface area contributed by atoms with Crippen LogP contribution in [-0.2, 0) is 12.8 Å². The van der Waals surface area contributed by atoms with E-state index >= 15 is 0 Å². The molecule has 0 fully saturated rings. The quantitative estimate of drug-likeness (QED) is 0.336. The highest BCUT2D eigenvalue weighted by atomic mass is 32.1. The summed E-state index contributed by atoms with van der Waals surface area (Å²) in [5.41, 5.74) is 4.51. The van der Waals surface area contributed by atoms with Crippen LogP contribution in [0.25, 0.3) is 0 Å². The highest BCUT2D eigenvalue weighted by Gasteiger charge is 2.24. The minimum absolute atomic E-state index is 0.0480. The van der Waals surface area contributed by atoms with Crippen molar-refractivity contribution in [3.63, 3.8) is 0 Å². The van der Waals surface area contributed by atoms with Crippen molar-refractivity contribution in [1.29, 1.82) is 5.26 Å². The molecule has 36 heavy (non-hydrogen) atoms. The normalized spacial score (nSPS) is 13.4. The first-order valence-electron chi connectivity index (χ1n) is 12.4. The van der Waals surface area contributed by atoms with E-state index in [1.54, 1.807) is 23.6 Å². The van der Waals surface area contributed by atoms with Crippen molar-refractivity contribution in [2.45, 2.75) is 52.4 Å². The number of nitrogens with zero attached hydrogens (tertiary/aromatic N) is 2. The van der Waals surface area contributed by atoms with Crippen molar-refractivity contribution in [2.75, 3.05) is 18.5 Å². The summed E-state index contributed by atoms with van der Waals surface area (Å²) < 4.78 is 11.2. The van der Waals surface area contributed by atoms with Crippen LogP contribution in [0, 0.1) is 18.3 Å². The monoisotopic (exact) mass is 501 g/mol. The molecule has 0 atom stereocenters. The topological polar surface area (TPSA) is 83.7 Å². The Morgan fingerprint density at radius 2 is 1.92 bits per heavy atom. The highest BCUT2D eigenvalue weighted by molar-refractivity contribution is 7.16. The summed E-state index contributed by atoms with van der Waals surface area (Å²) in [6, 6.07) is 15.3. The van der Waals surface area contributed by atoms with Gasteiger partial charge in [0.05, 0.1) is 12.2 Å². The molecule has 1 amide bonds. The molecule has 6 nitrogen and oxygen atoms in total. The van der Waals surface area contributed by atoms with Crippen molar-refractivity contribution >= 4 is 34.1 Å². The van der Waals surface area contributed by atoms with Crippen molar-refractivity contribution in [3.05, 3.63) is 69.6 Å². The summed E-state index contributed by atoms with van der Waals surface area (Å²) in [5, 5.41) is 12.7. The third-order valence-electron chi connectivity index (χ3n) is 6.16. The summed E-state index contributed by atoms with van der Waals surface area (Å²) in [6.45, 7) is 4.32. The third kappa shape index (κ3) is 6.13. The van der Waals surface area contributed by atoms with Crippen LogP contribution in [0.1, 0.15) is 64.5 Å². The van der Waals surface area contributed by atoms with Crippen molar-refractivity contribution in [1.82, 2.24) is 0 Å². The molecule has 0 unspecified atom stereocenters. The second-order valence-corrected chi connectivity index (χ2v) is 9.79. The highest BCUT2D eigenvalue weighted by Crippen LogP contribution is 2.39. The SMILES string of the molecule is CCOc1cc(C=Nc2sc3c(c2C(=O)Nc2ccccc2C)CCCCCC3)ccc1OCC#N. The van der Waals surface area contributed by atoms with Gasteiger partial charge in [-0.25, -0.2) is 4.99 Å². The molecule has 1 aromatic heterocycles. The van der Waals surface area contributed by atoms with Gasteiger partial charge in [0.25, 0.3) is 5.91 Å². The number of fused-ring (bicyclic) bond motifs is 1. The van der Waals surface area contributed by atoms with E-state index in [-0.39, 0.29) is 12.5 Å². The average Bonchev–Trinajstić information content (AvgIpc) is 3.20. The maximum atomic E-state index is 13.6. The van der Waals surface area contributed by atoms with E-state index in [0.717, 1.165) is 53.1 Å². The zero-order valence-electron chi connectivity index (χ0n) is 20.8. The first-order chi connectivity index (χ1) is 17.6. The molecule has 0 radical (unpaired) electrons. The first-order valence-corrected chi connectivity index (χ1v) is 13.2. The molecule has 0 saturated carbocycles. The molecule has 186 valence electrons. The second-order valence-electron chi connectivity index (χ2n) is 8.71. The van der Waals surface area contributed by atoms with E-state index in [0.29, 0.717) is 23.7 Å². The molecule has 0 spiro atoms. The molecular weight excluding hydrogens is 470 g/mol. The van der Waals surface area contributed by atoms with E-state index in [9.17, 15) is 4.79 Å². The second kappa shape index (κ2) is 12.4. The molecule has 4 rings (SSSR count). The summed E-state index contributed by atoms with van der Waals surface area (Å²) in [5.74, 6) is 0.977. The van der Waals surface area contributed by atoms with Gasteiger partial charge in [0, 0.05) is 16.8 Å². The van der Waals surface area contributed by atoms with Gasteiger partial charge in [0.2, 0.25) is 0 Å². The smallest absolute Gasteiger partial charge is 0.259 e. The summed E-state index contributed by atoms with van der Waals surface area (Å²) in [4.78, 5) is 19.6. The molecule has 2 aromatic carbocycles. The Hall–Kier alpha value is -3.63. The number of aliphatic imine (C=N–C) groups is 1. The number of hydrogen-bond acceptors (Lipinski definition) is 6. The number of ether oxygens (including phenoxy) is 2. The fourth-order valence-corrected chi connectivity index (χ4v) is 5.59. The molecule has 1 N–H and O–H groups in total. The van der Waals surface area contributed by atoms with Gasteiger partial charge in [0.15, 0.2) is 18.1 Å². The van der Waals surface area contributed by atoms with E-state index in [4.69, 9.17) is 19.7 Å². The van der Waals surface area contributed by atoms with Gasteiger partial charge in [-0.2, -0.15) is 5.26 Å². The van der Waals surface area contributed by atoms with Crippen LogP contribution in [-0.4, -0.2) is 25.3 Å². The van der Waals surface area contributed by atoms with Gasteiger partial charge in [-0.15, -0.1) is 11.3 Å². The summed E-state index contributed by atoms with van der Waals surface area (Å²) in [6.07, 6.45) is 8.28. The minimum Gasteiger partial charge on any atom is -0.490 e. The van der Waals surface area contributed by atoms with Crippen LogP contribution in [0.4, 0.5) is 10.7 Å². The largest absolute Gasteiger partial charge is 0.490 e. The fraction of sp³-hybridized carbons (Fsp3) is 0.345. The summed E-state index contributed by atoms with van der Waals surface area (Å²) in [7, 11) is 0. The number of anilines is 1. The standard InChI is InChI=1S/C29H31N3O3S/c1-3-34-25-18-21(14-15-24(25)35-17-16-30)19-31-29-27(22-11-6-4-5-7-13-26(22)36-29)28(33)32-23-12-9-8-10-20(23)2/h8-10,12,14-15,18-19H,3-7,11,13,17H2,1-2H3,(H,32,33). The van der Waals surface area contributed by atoms with E-state index in [2.05, 4.69) is 5.32 Å². The maximum absolute atomic E-state index is 13.6. The van der Waals surface area contributed by atoms with Crippen LogP contribution >= 0.6 is 11.3 Å². The molecule has 7 heteroatoms. The van der Waals surface area contributed by atoms with Crippen molar-refractivity contribution in [2.24, 2.45) is 4.99 Å². The number of carbonyl (C=O) groups is 1. The Balaban J connectivity index is 1.68. The van der Waals surface area contributed by atoms with Crippen LogP contribution in [0.5, 0.6) is 11.5 Å². The molecule has 1 aliphatic rings. The summed E-state index contributed by atoms with van der Waals surface area (Å²) >= 11 is 1.62. The number of aryl methyl sites for hydroxylation is 2. The lowest BCUT2D eigenvalue weighted by Crippen LogP contribution is -2.15. The number of hydrogen-bond donors (Lipinski definition) is 1. The van der Waals surface area contributed by atoms with Crippen LogP contribution in [0.3, 0.4) is 0 Å². The number of para-hydroxylation sites is 1. The zero-order valence-corrected chi connectivity index (χ0v) is 21.6. The first kappa shape index (κ1) is 25.5. The fourth-order valence-electron chi connectivity index (χ4n) is 4.36. The number of rotatable bonds is 8. The Kier molecular flexibility index (Phi) is 8.75. The Labute approximate surface area is 216 Å². The predicted molar refractivity (Wildman–Crippen MR) is 145 cm³/mol. The molecule has 0 saturated heterocycles. The third-order valence-corrected chi connectivity index (χ3v) is 7.36. The van der Waals surface area contributed by atoms with Gasteiger partial charge in [-0.1, -0.05) is 31.0 Å². The lowest BCUT2D eigenvalue weighted by atomic mass is 9.96. The van der Waals surface area contributed by atoms with Crippen LogP contribution < -0.4 is 14.8 Å². The van der Waals surface area contributed by atoms with Gasteiger partial charge < -0.3 is 14.8 Å². The number of nitrogens with one attached hydrogen (secondary N) is 1. The van der Waals surface area contributed by atoms with Gasteiger partial charge in [-0.3, -0.25) is 4.79 Å². The van der Waals surface area contributed by atoms with E-state index < -0.39 is 0 Å². The number of thiophene rings is 1. The molecule has 3 aromatic rings. The van der Waals surface area contributed by atoms with Crippen LogP contribution in [0.2, 0.25) is 0 Å². The Morgan fingerprint density at radius 1 is 1.11 bits per heavy atom. The Morgan fingerprint density at radius 3 is 2.69 bits per heavy atom. The van der Waals surface area contributed by atoms with Crippen LogP contribution in [0.15, 0.2) is 47.5 Å².